The van der Waals surface area contributed by atoms with Crippen LogP contribution in [0.3, 0.4) is 0 Å². The van der Waals surface area contributed by atoms with Gasteiger partial charge < -0.3 is 10.6 Å². The normalized spacial score (nSPS) is 19.3. The molecule has 4 amide bonds. The van der Waals surface area contributed by atoms with Crippen molar-refractivity contribution in [3.63, 3.8) is 0 Å². The maximum absolute atomic E-state index is 12.5. The highest BCUT2D eigenvalue weighted by atomic mass is 32.2. The second-order valence-corrected chi connectivity index (χ2v) is 7.72. The summed E-state index contributed by atoms with van der Waals surface area (Å²) in [5, 5.41) is 5.56. The Morgan fingerprint density at radius 1 is 1.07 bits per heavy atom. The van der Waals surface area contributed by atoms with Crippen LogP contribution < -0.4 is 10.6 Å². The Labute approximate surface area is 162 Å². The molecule has 0 spiro atoms. The van der Waals surface area contributed by atoms with E-state index in [9.17, 15) is 19.2 Å². The lowest BCUT2D eigenvalue weighted by Gasteiger charge is -2.15. The Hall–Kier alpha value is -2.35. The third-order valence-corrected chi connectivity index (χ3v) is 5.44. The number of rotatable bonds is 9. The first-order valence-electron chi connectivity index (χ1n) is 9.07. The minimum Gasteiger partial charge on any atom is -0.354 e. The van der Waals surface area contributed by atoms with Gasteiger partial charge in [-0.05, 0) is 18.4 Å². The topological polar surface area (TPSA) is 95.6 Å². The molecule has 1 saturated heterocycles. The first-order chi connectivity index (χ1) is 13.0. The monoisotopic (exact) mass is 389 g/mol. The van der Waals surface area contributed by atoms with Crippen LogP contribution in [-0.2, 0) is 19.2 Å². The Kier molecular flexibility index (Phi) is 6.49. The molecule has 2 N–H and O–H groups in total. The molecule has 2 fully saturated rings. The average Bonchev–Trinajstić information content (AvgIpc) is 3.42. The highest BCUT2D eigenvalue weighted by Gasteiger charge is 2.38. The molecule has 8 heteroatoms. The number of hydrogen-bond acceptors (Lipinski definition) is 5. The van der Waals surface area contributed by atoms with Gasteiger partial charge in [0.1, 0.15) is 0 Å². The molecule has 2 aliphatic rings. The molecule has 7 nitrogen and oxygen atoms in total. The summed E-state index contributed by atoms with van der Waals surface area (Å²) >= 11 is 1.25. The second kappa shape index (κ2) is 9.03. The van der Waals surface area contributed by atoms with E-state index in [2.05, 4.69) is 10.6 Å². The predicted octanol–water partition coefficient (Wildman–Crippen LogP) is 0.657. The lowest BCUT2D eigenvalue weighted by atomic mass is 9.98. The molecule has 1 atom stereocenters. The molecule has 0 aromatic heterocycles. The summed E-state index contributed by atoms with van der Waals surface area (Å²) in [4.78, 5) is 49.2. The molecule has 1 aromatic carbocycles. The number of hydrogen-bond donors (Lipinski definition) is 2. The number of likely N-dealkylation sites (tertiary alicyclic amines) is 1. The zero-order chi connectivity index (χ0) is 19.2. The van der Waals surface area contributed by atoms with Gasteiger partial charge in [-0.1, -0.05) is 30.3 Å². The number of nitrogens with zero attached hydrogens (tertiary/aromatic N) is 1. The number of carbonyl (C=O) groups is 4. The molecule has 1 aliphatic heterocycles. The molecule has 1 unspecified atom stereocenters. The zero-order valence-electron chi connectivity index (χ0n) is 15.0. The van der Waals surface area contributed by atoms with Crippen molar-refractivity contribution in [3.8, 4) is 0 Å². The molecular weight excluding hydrogens is 366 g/mol. The van der Waals surface area contributed by atoms with Crippen LogP contribution in [0.1, 0.15) is 30.7 Å². The highest BCUT2D eigenvalue weighted by molar-refractivity contribution is 8.00. The first-order valence-corrected chi connectivity index (χ1v) is 10.2. The van der Waals surface area contributed by atoms with Crippen molar-refractivity contribution in [2.75, 3.05) is 24.6 Å². The van der Waals surface area contributed by atoms with E-state index in [1.54, 1.807) is 0 Å². The van der Waals surface area contributed by atoms with Gasteiger partial charge in [-0.2, -0.15) is 0 Å². The van der Waals surface area contributed by atoms with Gasteiger partial charge in [-0.3, -0.25) is 24.1 Å². The molecule has 3 rings (SSSR count). The first kappa shape index (κ1) is 19.4. The number of amides is 4. The molecule has 1 aromatic rings. The molecule has 0 bridgehead atoms. The predicted molar refractivity (Wildman–Crippen MR) is 102 cm³/mol. The minimum atomic E-state index is -0.435. The van der Waals surface area contributed by atoms with Crippen molar-refractivity contribution in [1.82, 2.24) is 15.5 Å². The Balaban J connectivity index is 1.35. The van der Waals surface area contributed by atoms with Crippen LogP contribution in [0.4, 0.5) is 0 Å². The van der Waals surface area contributed by atoms with E-state index < -0.39 is 5.92 Å². The standard InChI is InChI=1S/C19H23N3O4S/c23-16(11-27-12-17(24)21-14-6-7-14)20-8-9-22-18(25)10-15(19(22)26)13-4-2-1-3-5-13/h1-5,14-15H,6-12H2,(H,20,23)(H,21,24). The van der Waals surface area contributed by atoms with E-state index in [1.165, 1.54) is 16.7 Å². The van der Waals surface area contributed by atoms with Crippen molar-refractivity contribution in [2.45, 2.75) is 31.2 Å². The van der Waals surface area contributed by atoms with Crippen molar-refractivity contribution in [3.05, 3.63) is 35.9 Å². The molecule has 1 saturated carbocycles. The molecule has 1 heterocycles. The Morgan fingerprint density at radius 3 is 2.48 bits per heavy atom. The fourth-order valence-electron chi connectivity index (χ4n) is 2.96. The average molecular weight is 389 g/mol. The summed E-state index contributed by atoms with van der Waals surface area (Å²) in [7, 11) is 0. The van der Waals surface area contributed by atoms with Crippen LogP contribution in [0.15, 0.2) is 30.3 Å². The van der Waals surface area contributed by atoms with Crippen LogP contribution in [0.2, 0.25) is 0 Å². The lowest BCUT2D eigenvalue weighted by molar-refractivity contribution is -0.139. The smallest absolute Gasteiger partial charge is 0.237 e. The third kappa shape index (κ3) is 5.56. The van der Waals surface area contributed by atoms with Gasteiger partial charge in [0.05, 0.1) is 17.4 Å². The molecule has 0 radical (unpaired) electrons. The summed E-state index contributed by atoms with van der Waals surface area (Å²) in [6.45, 7) is 0.381. The van der Waals surface area contributed by atoms with Gasteiger partial charge in [0.25, 0.3) is 0 Å². The van der Waals surface area contributed by atoms with Gasteiger partial charge in [-0.15, -0.1) is 11.8 Å². The minimum absolute atomic E-state index is 0.0458. The van der Waals surface area contributed by atoms with Crippen molar-refractivity contribution in [1.29, 1.82) is 0 Å². The van der Waals surface area contributed by atoms with E-state index in [0.717, 1.165) is 18.4 Å². The summed E-state index contributed by atoms with van der Waals surface area (Å²) in [5.41, 5.74) is 0.836. The maximum atomic E-state index is 12.5. The van der Waals surface area contributed by atoms with Crippen molar-refractivity contribution >= 4 is 35.4 Å². The summed E-state index contributed by atoms with van der Waals surface area (Å²) in [6.07, 6.45) is 2.24. The van der Waals surface area contributed by atoms with Crippen molar-refractivity contribution in [2.24, 2.45) is 0 Å². The van der Waals surface area contributed by atoms with E-state index in [1.807, 2.05) is 30.3 Å². The number of benzene rings is 1. The maximum Gasteiger partial charge on any atom is 0.237 e. The van der Waals surface area contributed by atoms with E-state index in [-0.39, 0.29) is 54.6 Å². The number of nitrogens with one attached hydrogen (secondary N) is 2. The van der Waals surface area contributed by atoms with Crippen LogP contribution in [0.25, 0.3) is 0 Å². The lowest BCUT2D eigenvalue weighted by Crippen LogP contribution is -2.39. The number of imide groups is 1. The quantitative estimate of drug-likeness (QED) is 0.605. The van der Waals surface area contributed by atoms with Crippen molar-refractivity contribution < 1.29 is 19.2 Å². The van der Waals surface area contributed by atoms with Gasteiger partial charge in [0, 0.05) is 25.6 Å². The highest BCUT2D eigenvalue weighted by Crippen LogP contribution is 2.29. The van der Waals surface area contributed by atoms with Crippen LogP contribution in [-0.4, -0.2) is 59.2 Å². The van der Waals surface area contributed by atoms with E-state index >= 15 is 0 Å². The summed E-state index contributed by atoms with van der Waals surface area (Å²) < 4.78 is 0. The van der Waals surface area contributed by atoms with Crippen LogP contribution in [0, 0.1) is 0 Å². The summed E-state index contributed by atoms with van der Waals surface area (Å²) in [6, 6.07) is 9.57. The Morgan fingerprint density at radius 2 is 1.78 bits per heavy atom. The largest absolute Gasteiger partial charge is 0.354 e. The Bertz CT molecular complexity index is 721. The number of thioether (sulfide) groups is 1. The van der Waals surface area contributed by atoms with E-state index in [4.69, 9.17) is 0 Å². The van der Waals surface area contributed by atoms with Gasteiger partial charge >= 0.3 is 0 Å². The van der Waals surface area contributed by atoms with Crippen LogP contribution in [0.5, 0.6) is 0 Å². The van der Waals surface area contributed by atoms with E-state index in [0.29, 0.717) is 6.04 Å². The molecule has 27 heavy (non-hydrogen) atoms. The SMILES string of the molecule is O=C(CSCC(=O)NC1CC1)NCCN1C(=O)CC(c2ccccc2)C1=O. The molecular formula is C19H23N3O4S. The van der Waals surface area contributed by atoms with Gasteiger partial charge in [0.15, 0.2) is 0 Å². The molecule has 1 aliphatic carbocycles. The van der Waals surface area contributed by atoms with Gasteiger partial charge in [-0.25, -0.2) is 0 Å². The second-order valence-electron chi connectivity index (χ2n) is 6.74. The van der Waals surface area contributed by atoms with Crippen LogP contribution >= 0.6 is 11.8 Å². The fourth-order valence-corrected chi connectivity index (χ4v) is 3.61. The number of carbonyl (C=O) groups excluding carboxylic acids is 4. The van der Waals surface area contributed by atoms with Gasteiger partial charge in [0.2, 0.25) is 23.6 Å². The third-order valence-electron chi connectivity index (χ3n) is 4.51. The summed E-state index contributed by atoms with van der Waals surface area (Å²) in [5.74, 6) is -0.692. The molecule has 144 valence electrons. The fraction of sp³-hybridized carbons (Fsp3) is 0.474. The zero-order valence-corrected chi connectivity index (χ0v) is 15.8.